The Morgan fingerprint density at radius 1 is 1.00 bits per heavy atom. The molecule has 19 heavy (non-hydrogen) atoms. The van der Waals surface area contributed by atoms with Gasteiger partial charge < -0.3 is 0 Å². The lowest BCUT2D eigenvalue weighted by Gasteiger charge is -2.16. The zero-order chi connectivity index (χ0) is 14.2. The Balaban J connectivity index is 2.19. The minimum atomic E-state index is -1.14. The van der Waals surface area contributed by atoms with Crippen LogP contribution in [-0.4, -0.2) is 8.07 Å². The third kappa shape index (κ3) is 3.09. The molecule has 0 saturated carbocycles. The maximum Gasteiger partial charge on any atom is 0.0771 e. The molecule has 0 bridgehead atoms. The quantitative estimate of drug-likeness (QED) is 0.667. The third-order valence-corrected chi connectivity index (χ3v) is 6.47. The minimum Gasteiger partial charge on any atom is -0.0780 e. The van der Waals surface area contributed by atoms with Crippen molar-refractivity contribution in [3.05, 3.63) is 57.8 Å². The summed E-state index contributed by atoms with van der Waals surface area (Å²) in [5, 5.41) is 1.61. The number of hydrogen-bond donors (Lipinski definition) is 0. The lowest BCUT2D eigenvalue weighted by Crippen LogP contribution is -2.22. The van der Waals surface area contributed by atoms with E-state index in [-0.39, 0.29) is 0 Å². The molecule has 0 aliphatic heterocycles. The van der Waals surface area contributed by atoms with Gasteiger partial charge in [0, 0.05) is 0 Å². The van der Waals surface area contributed by atoms with E-state index >= 15 is 0 Å². The average Bonchev–Trinajstić information content (AvgIpc) is 2.78. The third-order valence-electron chi connectivity index (χ3n) is 4.41. The highest BCUT2D eigenvalue weighted by atomic mass is 28.3. The summed E-state index contributed by atoms with van der Waals surface area (Å²) >= 11 is 0. The first kappa shape index (κ1) is 14.3. The number of benzene rings is 1. The van der Waals surface area contributed by atoms with Gasteiger partial charge in [-0.05, 0) is 55.4 Å². The Morgan fingerprint density at radius 3 is 2.26 bits per heavy atom. The molecule has 1 unspecified atom stereocenters. The van der Waals surface area contributed by atoms with Crippen LogP contribution in [0, 0.1) is 26.7 Å². The monoisotopic (exact) mass is 270 g/mol. The number of allylic oxidation sites excluding steroid dienone is 4. The van der Waals surface area contributed by atoms with Gasteiger partial charge in [0.05, 0.1) is 8.07 Å². The fraction of sp³-hybridized carbons (Fsp3) is 0.444. The van der Waals surface area contributed by atoms with E-state index in [0.717, 1.165) is 6.42 Å². The molecule has 102 valence electrons. The van der Waals surface area contributed by atoms with Crippen LogP contribution in [0.25, 0.3) is 0 Å². The highest BCUT2D eigenvalue weighted by molar-refractivity contribution is 6.83. The number of aryl methyl sites for hydroxylation is 1. The smallest absolute Gasteiger partial charge is 0.0771 e. The maximum absolute atomic E-state index is 2.50. The molecule has 0 nitrogen and oxygen atoms in total. The standard InChI is InChI=1S/C18H26Si/c1-13-7-9-17(15(3)14(13)2)11-16-8-10-18(12-16)19(4,5)6/h7-10,12,16H,11H2,1-6H3. The second kappa shape index (κ2) is 5.13. The van der Waals surface area contributed by atoms with Crippen LogP contribution in [-0.2, 0) is 6.42 Å². The molecule has 0 amide bonds. The van der Waals surface area contributed by atoms with Crippen molar-refractivity contribution in [3.8, 4) is 0 Å². The van der Waals surface area contributed by atoms with Crippen molar-refractivity contribution < 1.29 is 0 Å². The molecule has 2 rings (SSSR count). The molecule has 1 aliphatic rings. The van der Waals surface area contributed by atoms with E-state index in [1.54, 1.807) is 5.20 Å². The van der Waals surface area contributed by atoms with E-state index in [9.17, 15) is 0 Å². The largest absolute Gasteiger partial charge is 0.0780 e. The van der Waals surface area contributed by atoms with E-state index in [0.29, 0.717) is 5.92 Å². The van der Waals surface area contributed by atoms with Crippen LogP contribution in [0.4, 0.5) is 0 Å². The first-order chi connectivity index (χ1) is 8.79. The van der Waals surface area contributed by atoms with E-state index < -0.39 is 8.07 Å². The Hall–Kier alpha value is -1.08. The summed E-state index contributed by atoms with van der Waals surface area (Å²) in [5.74, 6) is 0.600. The van der Waals surface area contributed by atoms with Crippen LogP contribution in [0.3, 0.4) is 0 Å². The molecule has 1 aromatic rings. The van der Waals surface area contributed by atoms with Gasteiger partial charge in [0.1, 0.15) is 0 Å². The summed E-state index contributed by atoms with van der Waals surface area (Å²) in [7, 11) is -1.14. The van der Waals surface area contributed by atoms with Crippen molar-refractivity contribution in [2.24, 2.45) is 5.92 Å². The van der Waals surface area contributed by atoms with Crippen molar-refractivity contribution in [1.29, 1.82) is 0 Å². The van der Waals surface area contributed by atoms with Gasteiger partial charge in [0.15, 0.2) is 0 Å². The van der Waals surface area contributed by atoms with Gasteiger partial charge in [-0.1, -0.05) is 55.2 Å². The van der Waals surface area contributed by atoms with E-state index in [1.165, 1.54) is 22.3 Å². The van der Waals surface area contributed by atoms with Gasteiger partial charge in [-0.3, -0.25) is 0 Å². The molecule has 1 aliphatic carbocycles. The van der Waals surface area contributed by atoms with Gasteiger partial charge >= 0.3 is 0 Å². The van der Waals surface area contributed by atoms with Crippen molar-refractivity contribution in [1.82, 2.24) is 0 Å². The molecule has 0 aromatic heterocycles. The van der Waals surface area contributed by atoms with Gasteiger partial charge in [0.2, 0.25) is 0 Å². The van der Waals surface area contributed by atoms with Crippen LogP contribution in [0.15, 0.2) is 35.6 Å². The first-order valence-electron chi connectivity index (χ1n) is 7.25. The highest BCUT2D eigenvalue weighted by Crippen LogP contribution is 2.28. The van der Waals surface area contributed by atoms with Crippen molar-refractivity contribution in [2.75, 3.05) is 0 Å². The van der Waals surface area contributed by atoms with Crippen molar-refractivity contribution in [2.45, 2.75) is 46.8 Å². The lowest BCUT2D eigenvalue weighted by atomic mass is 9.92. The second-order valence-electron chi connectivity index (χ2n) is 6.89. The van der Waals surface area contributed by atoms with Crippen LogP contribution < -0.4 is 0 Å². The SMILES string of the molecule is Cc1ccc(CC2C=CC([Si](C)(C)C)=C2)c(C)c1C. The molecule has 0 fully saturated rings. The normalized spacial score (nSPS) is 18.8. The minimum absolute atomic E-state index is 0.600. The fourth-order valence-corrected chi connectivity index (χ4v) is 3.99. The summed E-state index contributed by atoms with van der Waals surface area (Å²) < 4.78 is 0. The average molecular weight is 270 g/mol. The zero-order valence-corrected chi connectivity index (χ0v) is 14.2. The topological polar surface area (TPSA) is 0 Å². The van der Waals surface area contributed by atoms with Crippen LogP contribution in [0.1, 0.15) is 22.3 Å². The molecule has 1 atom stereocenters. The van der Waals surface area contributed by atoms with Gasteiger partial charge in [0.25, 0.3) is 0 Å². The molecule has 0 heterocycles. The van der Waals surface area contributed by atoms with Crippen molar-refractivity contribution in [3.63, 3.8) is 0 Å². The van der Waals surface area contributed by atoms with Crippen LogP contribution >= 0.6 is 0 Å². The predicted molar refractivity (Wildman–Crippen MR) is 88.4 cm³/mol. The Kier molecular flexibility index (Phi) is 3.87. The Morgan fingerprint density at radius 2 is 1.68 bits per heavy atom. The summed E-state index contributed by atoms with van der Waals surface area (Å²) in [6.07, 6.45) is 8.41. The molecule has 0 saturated heterocycles. The predicted octanol–water partition coefficient (Wildman–Crippen LogP) is 5.14. The lowest BCUT2D eigenvalue weighted by molar-refractivity contribution is 0.807. The summed E-state index contributed by atoms with van der Waals surface area (Å²) in [6, 6.07) is 4.57. The first-order valence-corrected chi connectivity index (χ1v) is 10.7. The summed E-state index contributed by atoms with van der Waals surface area (Å²) in [4.78, 5) is 0. The van der Waals surface area contributed by atoms with E-state index in [1.807, 2.05) is 0 Å². The molecular weight excluding hydrogens is 244 g/mol. The second-order valence-corrected chi connectivity index (χ2v) is 12.0. The summed E-state index contributed by atoms with van der Waals surface area (Å²) in [5.41, 5.74) is 5.84. The van der Waals surface area contributed by atoms with E-state index in [2.05, 4.69) is 70.8 Å². The van der Waals surface area contributed by atoms with Gasteiger partial charge in [-0.25, -0.2) is 0 Å². The molecule has 0 radical (unpaired) electrons. The molecule has 0 N–H and O–H groups in total. The number of rotatable bonds is 3. The summed E-state index contributed by atoms with van der Waals surface area (Å²) in [6.45, 7) is 14.0. The molecule has 0 spiro atoms. The van der Waals surface area contributed by atoms with Gasteiger partial charge in [-0.2, -0.15) is 0 Å². The Bertz CT molecular complexity index is 542. The zero-order valence-electron chi connectivity index (χ0n) is 13.2. The van der Waals surface area contributed by atoms with E-state index in [4.69, 9.17) is 0 Å². The molecular formula is C18H26Si. The number of hydrogen-bond acceptors (Lipinski definition) is 0. The molecule has 1 aromatic carbocycles. The van der Waals surface area contributed by atoms with Crippen LogP contribution in [0.2, 0.25) is 19.6 Å². The molecule has 1 heteroatoms. The van der Waals surface area contributed by atoms with Gasteiger partial charge in [-0.15, -0.1) is 0 Å². The van der Waals surface area contributed by atoms with Crippen LogP contribution in [0.5, 0.6) is 0 Å². The van der Waals surface area contributed by atoms with Crippen molar-refractivity contribution >= 4 is 8.07 Å². The fourth-order valence-electron chi connectivity index (χ4n) is 2.68. The maximum atomic E-state index is 2.50. The Labute approximate surface area is 119 Å². The highest BCUT2D eigenvalue weighted by Gasteiger charge is 2.22.